The van der Waals surface area contributed by atoms with Crippen LogP contribution in [0.15, 0.2) is 24.3 Å². The standard InChI is InChI=1S/C47H87O13P/c1-3-5-7-9-11-13-15-17-19-20-22-23-25-27-29-31-33-35-40(48)57-37-39(38-58-61(55,56)60-47-45(53)43(51)42(50)44(52)46(47)54)59-41(49)36-34-32-30-28-26-24-21-18-16-14-12-10-8-6-4-2/h17,19,30,32,39,42-47,50-54H,3-16,18,20-29,31,33-38H2,1-2H3,(H,55,56)/b19-17+,32-30+/t39-,42?,43-,44?,45?,46?,47?/m0/s1. The molecule has 1 aliphatic carbocycles. The van der Waals surface area contributed by atoms with Gasteiger partial charge in [-0.15, -0.1) is 0 Å². The molecule has 0 spiro atoms. The maximum atomic E-state index is 12.8. The molecular formula is C47H87O13P. The Morgan fingerprint density at radius 1 is 0.492 bits per heavy atom. The summed E-state index contributed by atoms with van der Waals surface area (Å²) in [5, 5.41) is 50.2. The lowest BCUT2D eigenvalue weighted by molar-refractivity contribution is -0.220. The number of hydrogen-bond acceptors (Lipinski definition) is 12. The molecular weight excluding hydrogens is 803 g/mol. The maximum absolute atomic E-state index is 12.8. The highest BCUT2D eigenvalue weighted by molar-refractivity contribution is 7.47. The molecule has 13 nitrogen and oxygen atoms in total. The second kappa shape index (κ2) is 37.7. The second-order valence-corrected chi connectivity index (χ2v) is 18.4. The van der Waals surface area contributed by atoms with Crippen LogP contribution < -0.4 is 0 Å². The predicted octanol–water partition coefficient (Wildman–Crippen LogP) is 9.62. The van der Waals surface area contributed by atoms with Crippen LogP contribution in [0.25, 0.3) is 0 Å². The van der Waals surface area contributed by atoms with E-state index in [1.165, 1.54) is 122 Å². The minimum atomic E-state index is -5.13. The zero-order valence-corrected chi connectivity index (χ0v) is 38.9. The molecule has 1 rings (SSSR count). The fourth-order valence-electron chi connectivity index (χ4n) is 7.36. The van der Waals surface area contributed by atoms with Crippen LogP contribution in [0.3, 0.4) is 0 Å². The molecule has 0 bridgehead atoms. The van der Waals surface area contributed by atoms with E-state index in [1.807, 2.05) is 12.2 Å². The van der Waals surface area contributed by atoms with Crippen LogP contribution in [0.1, 0.15) is 206 Å². The van der Waals surface area contributed by atoms with Crippen molar-refractivity contribution in [3.05, 3.63) is 24.3 Å². The van der Waals surface area contributed by atoms with E-state index in [9.17, 15) is 44.6 Å². The number of allylic oxidation sites excluding steroid dienone is 4. The number of aliphatic hydroxyl groups is 5. The number of phosphoric ester groups is 1. The molecule has 8 atom stereocenters. The van der Waals surface area contributed by atoms with Gasteiger partial charge < -0.3 is 39.9 Å². The molecule has 6 N–H and O–H groups in total. The van der Waals surface area contributed by atoms with Crippen molar-refractivity contribution in [3.8, 4) is 0 Å². The zero-order chi connectivity index (χ0) is 45.0. The molecule has 358 valence electrons. The van der Waals surface area contributed by atoms with E-state index in [1.54, 1.807) is 0 Å². The number of aliphatic hydroxyl groups excluding tert-OH is 5. The van der Waals surface area contributed by atoms with Gasteiger partial charge in [0.1, 0.15) is 43.2 Å². The van der Waals surface area contributed by atoms with Gasteiger partial charge in [0.25, 0.3) is 0 Å². The van der Waals surface area contributed by atoms with Gasteiger partial charge in [-0.25, -0.2) is 4.57 Å². The number of esters is 2. The number of unbranched alkanes of at least 4 members (excludes halogenated alkanes) is 24. The van der Waals surface area contributed by atoms with Crippen LogP contribution in [-0.2, 0) is 32.7 Å². The Hall–Kier alpha value is -1.67. The largest absolute Gasteiger partial charge is 0.472 e. The van der Waals surface area contributed by atoms with Gasteiger partial charge in [-0.05, 0) is 51.4 Å². The van der Waals surface area contributed by atoms with Crippen molar-refractivity contribution in [3.63, 3.8) is 0 Å². The van der Waals surface area contributed by atoms with Crippen LogP contribution in [0.4, 0.5) is 0 Å². The average molecular weight is 891 g/mol. The Labute approximate surface area is 368 Å². The van der Waals surface area contributed by atoms with Gasteiger partial charge in [-0.2, -0.15) is 0 Å². The van der Waals surface area contributed by atoms with E-state index in [2.05, 4.69) is 26.0 Å². The smallest absolute Gasteiger partial charge is 0.462 e. The number of phosphoric acid groups is 1. The summed E-state index contributed by atoms with van der Waals surface area (Å²) in [6, 6.07) is 0. The molecule has 14 heteroatoms. The highest BCUT2D eigenvalue weighted by atomic mass is 31.2. The normalized spacial score (nSPS) is 22.2. The van der Waals surface area contributed by atoms with E-state index in [0.717, 1.165) is 44.9 Å². The molecule has 1 saturated carbocycles. The molecule has 0 aromatic heterocycles. The van der Waals surface area contributed by atoms with Gasteiger partial charge in [-0.3, -0.25) is 18.6 Å². The van der Waals surface area contributed by atoms with Gasteiger partial charge >= 0.3 is 19.8 Å². The van der Waals surface area contributed by atoms with Gasteiger partial charge in [0, 0.05) is 12.8 Å². The highest BCUT2D eigenvalue weighted by Crippen LogP contribution is 2.47. The number of rotatable bonds is 40. The van der Waals surface area contributed by atoms with Crippen molar-refractivity contribution in [1.29, 1.82) is 0 Å². The Morgan fingerprint density at radius 3 is 1.31 bits per heavy atom. The van der Waals surface area contributed by atoms with E-state index in [0.29, 0.717) is 12.8 Å². The third-order valence-corrected chi connectivity index (χ3v) is 12.3. The van der Waals surface area contributed by atoms with Crippen molar-refractivity contribution < 1.29 is 63.1 Å². The Morgan fingerprint density at radius 2 is 0.869 bits per heavy atom. The SMILES string of the molecule is CCCCCCCC/C=C/CCCCCCCCCC(=O)OC[C@@H](COP(=O)(O)OC1C(O)C(O)C(O)[C@H](O)C1O)OC(=O)CC/C=C/CCCCCCCCCCCCC. The third kappa shape index (κ3) is 30.2. The van der Waals surface area contributed by atoms with Crippen LogP contribution in [0.2, 0.25) is 0 Å². The van der Waals surface area contributed by atoms with Crippen molar-refractivity contribution in [2.24, 2.45) is 0 Å². The lowest BCUT2D eigenvalue weighted by atomic mass is 9.85. The minimum absolute atomic E-state index is 0.0149. The Balaban J connectivity index is 2.45. The summed E-state index contributed by atoms with van der Waals surface area (Å²) in [5.41, 5.74) is 0. The molecule has 0 radical (unpaired) electrons. The first kappa shape index (κ1) is 57.3. The first-order chi connectivity index (χ1) is 29.4. The second-order valence-electron chi connectivity index (χ2n) is 17.0. The molecule has 0 heterocycles. The van der Waals surface area contributed by atoms with Crippen molar-refractivity contribution >= 4 is 19.8 Å². The van der Waals surface area contributed by atoms with Crippen molar-refractivity contribution in [1.82, 2.24) is 0 Å². The quantitative estimate of drug-likeness (QED) is 0.0147. The summed E-state index contributed by atoms with van der Waals surface area (Å²) in [4.78, 5) is 35.7. The predicted molar refractivity (Wildman–Crippen MR) is 240 cm³/mol. The molecule has 0 aromatic carbocycles. The van der Waals surface area contributed by atoms with E-state index < -0.39 is 75.7 Å². The number of carbonyl (C=O) groups is 2. The third-order valence-electron chi connectivity index (χ3n) is 11.3. The summed E-state index contributed by atoms with van der Waals surface area (Å²) < 4.78 is 33.5. The molecule has 61 heavy (non-hydrogen) atoms. The monoisotopic (exact) mass is 891 g/mol. The van der Waals surface area contributed by atoms with Gasteiger partial charge in [0.15, 0.2) is 6.10 Å². The van der Waals surface area contributed by atoms with Crippen molar-refractivity contribution in [2.75, 3.05) is 13.2 Å². The highest BCUT2D eigenvalue weighted by Gasteiger charge is 2.51. The van der Waals surface area contributed by atoms with Crippen LogP contribution in [0, 0.1) is 0 Å². The molecule has 6 unspecified atom stereocenters. The summed E-state index contributed by atoms with van der Waals surface area (Å²) in [6.07, 6.45) is 28.1. The van der Waals surface area contributed by atoms with Gasteiger partial charge in [-0.1, -0.05) is 167 Å². The number of carbonyl (C=O) groups excluding carboxylic acids is 2. The van der Waals surface area contributed by atoms with E-state index in [-0.39, 0.29) is 12.8 Å². The summed E-state index contributed by atoms with van der Waals surface area (Å²) in [5.74, 6) is -1.15. The fourth-order valence-corrected chi connectivity index (χ4v) is 8.33. The topological polar surface area (TPSA) is 210 Å². The zero-order valence-electron chi connectivity index (χ0n) is 38.0. The minimum Gasteiger partial charge on any atom is -0.462 e. The van der Waals surface area contributed by atoms with Crippen molar-refractivity contribution in [2.45, 2.75) is 249 Å². The van der Waals surface area contributed by atoms with Crippen LogP contribution >= 0.6 is 7.82 Å². The fraction of sp³-hybridized carbons (Fsp3) is 0.872. The lowest BCUT2D eigenvalue weighted by Crippen LogP contribution is -2.64. The summed E-state index contributed by atoms with van der Waals surface area (Å²) in [6.45, 7) is 3.27. The molecule has 1 aliphatic rings. The van der Waals surface area contributed by atoms with Gasteiger partial charge in [0.05, 0.1) is 6.61 Å². The maximum Gasteiger partial charge on any atom is 0.472 e. The molecule has 1 fully saturated rings. The Bertz CT molecular complexity index is 1170. The Kier molecular flexibility index (Phi) is 35.4. The van der Waals surface area contributed by atoms with Crippen LogP contribution in [0.5, 0.6) is 0 Å². The molecule has 0 saturated heterocycles. The summed E-state index contributed by atoms with van der Waals surface area (Å²) >= 11 is 0. The summed E-state index contributed by atoms with van der Waals surface area (Å²) in [7, 11) is -5.13. The molecule has 0 amide bonds. The number of ether oxygens (including phenoxy) is 2. The van der Waals surface area contributed by atoms with Crippen LogP contribution in [-0.4, -0.2) is 98.3 Å². The average Bonchev–Trinajstić information content (AvgIpc) is 3.24. The first-order valence-electron chi connectivity index (χ1n) is 24.1. The van der Waals surface area contributed by atoms with E-state index >= 15 is 0 Å². The first-order valence-corrected chi connectivity index (χ1v) is 25.6. The molecule has 0 aliphatic heterocycles. The van der Waals surface area contributed by atoms with E-state index in [4.69, 9.17) is 18.5 Å². The lowest BCUT2D eigenvalue weighted by Gasteiger charge is -2.41. The van der Waals surface area contributed by atoms with Gasteiger partial charge in [0.2, 0.25) is 0 Å². The number of hydrogen-bond donors (Lipinski definition) is 6. The molecule has 0 aromatic rings.